The van der Waals surface area contributed by atoms with Gasteiger partial charge in [0.1, 0.15) is 0 Å². The fraction of sp³-hybridized carbons (Fsp3) is 0. The van der Waals surface area contributed by atoms with Crippen LogP contribution in [0.1, 0.15) is 0 Å². The van der Waals surface area contributed by atoms with Gasteiger partial charge in [-0.05, 0) is 0 Å². The number of hydrogen-bond donors (Lipinski definition) is 2. The maximum atomic E-state index is 9.40. The Kier molecular flexibility index (Phi) is 2.04. The predicted molar refractivity (Wildman–Crippen MR) is 19.2 cm³/mol. The Morgan fingerprint density at radius 3 is 1.60 bits per heavy atom. The van der Waals surface area contributed by atoms with Crippen molar-refractivity contribution in [3.05, 3.63) is 0 Å². The Balaban J connectivity index is 3.47. The van der Waals surface area contributed by atoms with Gasteiger partial charge in [-0.15, -0.1) is 0 Å². The van der Waals surface area contributed by atoms with Gasteiger partial charge in [0.2, 0.25) is 0 Å². The quantitative estimate of drug-likeness (QED) is 0.443. The van der Waals surface area contributed by atoms with Crippen LogP contribution in [0, 0.1) is 0 Å². The first kappa shape index (κ1) is 6.07. The summed E-state index contributed by atoms with van der Waals surface area (Å²) in [6.07, 6.45) is 0. The molecule has 0 bridgehead atoms. The first-order valence-electron chi connectivity index (χ1n) is 0.841. The van der Waals surface area contributed by atoms with E-state index in [-0.39, 0.29) is 25.2 Å². The molecule has 0 saturated carbocycles. The van der Waals surface area contributed by atoms with E-state index in [1.54, 1.807) is 0 Å². The molecule has 0 saturated heterocycles. The van der Waals surface area contributed by atoms with Crippen LogP contribution in [-0.2, 0) is 4.57 Å². The van der Waals surface area contributed by atoms with Crippen molar-refractivity contribution in [1.82, 2.24) is 0 Å². The van der Waals surface area contributed by atoms with E-state index in [1.165, 1.54) is 0 Å². The average Bonchev–Trinajstić information content (AvgIpc) is 0.722. The average molecular weight is 289 g/mol. The van der Waals surface area contributed by atoms with Crippen LogP contribution in [0.4, 0.5) is 0 Å². The van der Waals surface area contributed by atoms with E-state index in [0.717, 1.165) is 0 Å². The molecule has 3 nitrogen and oxygen atoms in total. The third-order valence-electron chi connectivity index (χ3n) is 0. The van der Waals surface area contributed by atoms with Crippen molar-refractivity contribution in [3.8, 4) is 0 Å². The first-order valence-corrected chi connectivity index (χ1v) is 8.54. The minimum absolute atomic E-state index is 0.201. The van der Waals surface area contributed by atoms with Gasteiger partial charge >= 0.3 is 44.2 Å². The van der Waals surface area contributed by atoms with E-state index >= 15 is 0 Å². The topological polar surface area (TPSA) is 57.5 Å². The molecule has 0 heterocycles. The standard InChI is InChI=1S/HO3P.Pb.H/c1-4(2)3;;/h(H-,1,2,3);;/q;-1;/p+1. The van der Waals surface area contributed by atoms with Crippen LogP contribution in [0.2, 0.25) is 0 Å². The Morgan fingerprint density at radius 1 is 1.60 bits per heavy atom. The zero-order valence-corrected chi connectivity index (χ0v) is 7.71. The Labute approximate surface area is 44.5 Å². The van der Waals surface area contributed by atoms with Crippen molar-refractivity contribution >= 4 is 29.9 Å². The van der Waals surface area contributed by atoms with Gasteiger partial charge in [0.15, 0.2) is 0 Å². The molecule has 0 aliphatic carbocycles. The van der Waals surface area contributed by atoms with E-state index in [1.807, 2.05) is 0 Å². The van der Waals surface area contributed by atoms with Gasteiger partial charge in [0, 0.05) is 0 Å². The molecule has 0 aliphatic heterocycles. The number of hydrogen-bond acceptors (Lipinski definition) is 1. The summed E-state index contributed by atoms with van der Waals surface area (Å²) in [6, 6.07) is 0. The van der Waals surface area contributed by atoms with Gasteiger partial charge in [0.05, 0.1) is 0 Å². The Hall–Kier alpha value is 1.07. The zero-order chi connectivity index (χ0) is 4.50. The summed E-state index contributed by atoms with van der Waals surface area (Å²) in [5, 5.41) is 0. The monoisotopic (exact) mass is 290 g/mol. The summed E-state index contributed by atoms with van der Waals surface area (Å²) < 4.78 is 5.93. The summed E-state index contributed by atoms with van der Waals surface area (Å²) in [4.78, 5) is 15.4. The summed E-state index contributed by atoms with van der Waals surface area (Å²) in [5.41, 5.74) is 0. The maximum absolute atomic E-state index is 9.40. The van der Waals surface area contributed by atoms with Crippen molar-refractivity contribution < 1.29 is 14.4 Å². The van der Waals surface area contributed by atoms with E-state index < -0.39 is 4.71 Å². The van der Waals surface area contributed by atoms with E-state index in [2.05, 4.69) is 0 Å². The fourth-order valence-corrected chi connectivity index (χ4v) is 0. The van der Waals surface area contributed by atoms with Crippen molar-refractivity contribution in [1.29, 1.82) is 0 Å². The summed E-state index contributed by atoms with van der Waals surface area (Å²) in [6.45, 7) is 0. The van der Waals surface area contributed by atoms with Crippen LogP contribution in [0.5, 0.6) is 0 Å². The van der Waals surface area contributed by atoms with Crippen LogP contribution in [0.15, 0.2) is 0 Å². The molecule has 30 valence electrons. The van der Waals surface area contributed by atoms with Crippen LogP contribution in [-0.4, -0.2) is 35.0 Å². The van der Waals surface area contributed by atoms with Gasteiger partial charge in [-0.2, -0.15) is 0 Å². The Morgan fingerprint density at radius 2 is 1.60 bits per heavy atom. The van der Waals surface area contributed by atoms with Crippen LogP contribution in [0.3, 0.4) is 0 Å². The van der Waals surface area contributed by atoms with E-state index in [9.17, 15) is 4.57 Å². The minimum atomic E-state index is -3.47. The molecule has 0 amide bonds. The molecule has 0 rings (SSSR count). The van der Waals surface area contributed by atoms with Crippen LogP contribution >= 0.6 is 4.71 Å². The fourth-order valence-electron chi connectivity index (χ4n) is 0. The van der Waals surface area contributed by atoms with E-state index in [4.69, 9.17) is 9.79 Å². The molecular formula is H3O3PPb. The molecule has 0 spiro atoms. The molecule has 2 radical (unpaired) electrons. The van der Waals surface area contributed by atoms with Crippen LogP contribution in [0.25, 0.3) is 0 Å². The second-order valence-electron chi connectivity index (χ2n) is 0.589. The van der Waals surface area contributed by atoms with Gasteiger partial charge in [-0.25, -0.2) is 0 Å². The Bertz CT molecular complexity index is 53.0. The number of rotatable bonds is 0. The van der Waals surface area contributed by atoms with Crippen molar-refractivity contribution in [2.24, 2.45) is 0 Å². The summed E-state index contributed by atoms with van der Waals surface area (Å²) in [5.74, 6) is 0. The molecule has 0 aromatic heterocycles. The molecule has 0 atom stereocenters. The summed E-state index contributed by atoms with van der Waals surface area (Å²) >= 11 is -0.201. The SMILES string of the molecule is O=[P](O)(O)[PbH]. The molecule has 5 heavy (non-hydrogen) atoms. The van der Waals surface area contributed by atoms with Crippen molar-refractivity contribution in [2.75, 3.05) is 0 Å². The molecule has 0 aliphatic rings. The summed E-state index contributed by atoms with van der Waals surface area (Å²) in [7, 11) is 0. The molecular weight excluding hydrogens is 286 g/mol. The normalized spacial score (nSPS) is 11.8. The molecule has 0 fully saturated rings. The van der Waals surface area contributed by atoms with Gasteiger partial charge in [-0.1, -0.05) is 0 Å². The molecule has 0 aromatic rings. The van der Waals surface area contributed by atoms with Gasteiger partial charge in [0.25, 0.3) is 0 Å². The third kappa shape index (κ3) is 41.6. The second kappa shape index (κ2) is 1.68. The molecule has 5 heteroatoms. The first-order chi connectivity index (χ1) is 2.00. The van der Waals surface area contributed by atoms with Gasteiger partial charge < -0.3 is 0 Å². The second-order valence-corrected chi connectivity index (χ2v) is 9.61. The predicted octanol–water partition coefficient (Wildman–Crippen LogP) is -1.02. The molecule has 0 aromatic carbocycles. The van der Waals surface area contributed by atoms with Crippen molar-refractivity contribution in [2.45, 2.75) is 0 Å². The van der Waals surface area contributed by atoms with Crippen LogP contribution < -0.4 is 0 Å². The molecule has 2 N–H and O–H groups in total. The molecule has 0 unspecified atom stereocenters. The van der Waals surface area contributed by atoms with E-state index in [0.29, 0.717) is 0 Å². The third-order valence-corrected chi connectivity index (χ3v) is 0. The van der Waals surface area contributed by atoms with Gasteiger partial charge in [-0.3, -0.25) is 0 Å². The van der Waals surface area contributed by atoms with Crippen molar-refractivity contribution in [3.63, 3.8) is 0 Å². The zero-order valence-electron chi connectivity index (χ0n) is 2.33.